The minimum Gasteiger partial charge on any atom is -0.357 e. The van der Waals surface area contributed by atoms with Crippen molar-refractivity contribution in [1.29, 1.82) is 0 Å². The predicted molar refractivity (Wildman–Crippen MR) is 94.8 cm³/mol. The number of nitrogens with one attached hydrogen (secondary N) is 3. The number of aliphatic imine (C=N–C) groups is 1. The number of amides is 1. The van der Waals surface area contributed by atoms with E-state index < -0.39 is 0 Å². The van der Waals surface area contributed by atoms with Gasteiger partial charge in [-0.05, 0) is 51.5 Å². The molecule has 0 aliphatic rings. The number of guanidine groups is 1. The van der Waals surface area contributed by atoms with Crippen molar-refractivity contribution in [2.75, 3.05) is 13.1 Å². The number of rotatable bonds is 5. The van der Waals surface area contributed by atoms with Crippen LogP contribution in [0.1, 0.15) is 33.3 Å². The van der Waals surface area contributed by atoms with E-state index in [0.29, 0.717) is 19.0 Å². The lowest BCUT2D eigenvalue weighted by Gasteiger charge is -2.21. The van der Waals surface area contributed by atoms with Gasteiger partial charge in [0.05, 0.1) is 13.1 Å². The molecule has 0 spiro atoms. The van der Waals surface area contributed by atoms with E-state index in [-0.39, 0.29) is 23.8 Å². The van der Waals surface area contributed by atoms with Crippen molar-refractivity contribution < 1.29 is 9.18 Å². The standard InChI is InChI=1S/C16H24BrFN4O/c1-5-19-15(21-10-14(23)22-16(2,3)4)20-9-11-8-12(18)6-7-13(11)17/h6-8H,5,9-10H2,1-4H3,(H,22,23)(H2,19,20,21). The van der Waals surface area contributed by atoms with Crippen LogP contribution in [0, 0.1) is 5.82 Å². The molecule has 0 radical (unpaired) electrons. The second kappa shape index (κ2) is 8.86. The van der Waals surface area contributed by atoms with Crippen molar-refractivity contribution in [2.24, 2.45) is 4.99 Å². The highest BCUT2D eigenvalue weighted by Gasteiger charge is 2.13. The molecule has 1 aromatic carbocycles. The average molecular weight is 387 g/mol. The zero-order valence-electron chi connectivity index (χ0n) is 14.0. The van der Waals surface area contributed by atoms with Crippen molar-refractivity contribution in [3.05, 3.63) is 34.1 Å². The lowest BCUT2D eigenvalue weighted by atomic mass is 10.1. The zero-order valence-corrected chi connectivity index (χ0v) is 15.6. The molecule has 0 saturated carbocycles. The first kappa shape index (κ1) is 19.4. The third kappa shape index (κ3) is 7.97. The van der Waals surface area contributed by atoms with Gasteiger partial charge in [-0.1, -0.05) is 15.9 Å². The Balaban J connectivity index is 2.66. The highest BCUT2D eigenvalue weighted by Crippen LogP contribution is 2.18. The molecular formula is C16H24BrFN4O. The Kier molecular flexibility index (Phi) is 7.48. The average Bonchev–Trinajstić information content (AvgIpc) is 2.43. The summed E-state index contributed by atoms with van der Waals surface area (Å²) in [7, 11) is 0. The van der Waals surface area contributed by atoms with Gasteiger partial charge in [-0.2, -0.15) is 0 Å². The smallest absolute Gasteiger partial charge is 0.239 e. The van der Waals surface area contributed by atoms with E-state index >= 15 is 0 Å². The van der Waals surface area contributed by atoms with Gasteiger partial charge < -0.3 is 16.0 Å². The summed E-state index contributed by atoms with van der Waals surface area (Å²) < 4.78 is 14.1. The number of nitrogens with zero attached hydrogens (tertiary/aromatic N) is 1. The summed E-state index contributed by atoms with van der Waals surface area (Å²) in [6, 6.07) is 4.47. The summed E-state index contributed by atoms with van der Waals surface area (Å²) in [6.07, 6.45) is 0. The Hall–Kier alpha value is -1.63. The maximum Gasteiger partial charge on any atom is 0.239 e. The quantitative estimate of drug-likeness (QED) is 0.538. The van der Waals surface area contributed by atoms with Crippen molar-refractivity contribution in [2.45, 2.75) is 39.8 Å². The maximum absolute atomic E-state index is 13.3. The van der Waals surface area contributed by atoms with E-state index in [1.54, 1.807) is 6.07 Å². The van der Waals surface area contributed by atoms with Crippen LogP contribution in [-0.4, -0.2) is 30.5 Å². The molecule has 0 aromatic heterocycles. The summed E-state index contributed by atoms with van der Waals surface area (Å²) in [5.74, 6) is 0.0867. The van der Waals surface area contributed by atoms with Crippen LogP contribution in [0.2, 0.25) is 0 Å². The van der Waals surface area contributed by atoms with Crippen LogP contribution >= 0.6 is 15.9 Å². The Bertz CT molecular complexity index is 570. The van der Waals surface area contributed by atoms with Gasteiger partial charge >= 0.3 is 0 Å². The van der Waals surface area contributed by atoms with E-state index in [2.05, 4.69) is 36.9 Å². The molecule has 128 valence electrons. The molecule has 3 N–H and O–H groups in total. The zero-order chi connectivity index (χ0) is 17.5. The third-order valence-electron chi connectivity index (χ3n) is 2.69. The summed E-state index contributed by atoms with van der Waals surface area (Å²) in [5.41, 5.74) is 0.460. The molecule has 0 aliphatic heterocycles. The minimum atomic E-state index is -0.305. The lowest BCUT2D eigenvalue weighted by molar-refractivity contribution is -0.121. The first-order chi connectivity index (χ1) is 10.7. The molecule has 1 rings (SSSR count). The Morgan fingerprint density at radius 3 is 2.61 bits per heavy atom. The summed E-state index contributed by atoms with van der Waals surface area (Å²) in [6.45, 7) is 8.78. The van der Waals surface area contributed by atoms with Crippen LogP contribution in [0.4, 0.5) is 4.39 Å². The van der Waals surface area contributed by atoms with Crippen molar-refractivity contribution >= 4 is 27.8 Å². The van der Waals surface area contributed by atoms with Gasteiger partial charge in [-0.15, -0.1) is 0 Å². The van der Waals surface area contributed by atoms with Gasteiger partial charge in [0, 0.05) is 16.6 Å². The Labute approximate surface area is 145 Å². The van der Waals surface area contributed by atoms with Gasteiger partial charge in [-0.25, -0.2) is 9.38 Å². The second-order valence-electron chi connectivity index (χ2n) is 6.08. The second-order valence-corrected chi connectivity index (χ2v) is 6.94. The normalized spacial score (nSPS) is 12.0. The fraction of sp³-hybridized carbons (Fsp3) is 0.500. The third-order valence-corrected chi connectivity index (χ3v) is 3.46. The van der Waals surface area contributed by atoms with Crippen LogP contribution < -0.4 is 16.0 Å². The number of hydrogen-bond acceptors (Lipinski definition) is 2. The molecule has 7 heteroatoms. The fourth-order valence-electron chi connectivity index (χ4n) is 1.80. The van der Waals surface area contributed by atoms with Gasteiger partial charge in [0.1, 0.15) is 5.82 Å². The first-order valence-electron chi connectivity index (χ1n) is 7.48. The molecule has 0 saturated heterocycles. The number of hydrogen-bond donors (Lipinski definition) is 3. The number of carbonyl (C=O) groups excluding carboxylic acids is 1. The van der Waals surface area contributed by atoms with Crippen molar-refractivity contribution in [3.63, 3.8) is 0 Å². The number of benzene rings is 1. The molecule has 1 aromatic rings. The minimum absolute atomic E-state index is 0.116. The van der Waals surface area contributed by atoms with Crippen molar-refractivity contribution in [3.8, 4) is 0 Å². The lowest BCUT2D eigenvalue weighted by Crippen LogP contribution is -2.48. The van der Waals surface area contributed by atoms with Crippen LogP contribution in [-0.2, 0) is 11.3 Å². The monoisotopic (exact) mass is 386 g/mol. The fourth-order valence-corrected chi connectivity index (χ4v) is 2.17. The van der Waals surface area contributed by atoms with Crippen LogP contribution in [0.5, 0.6) is 0 Å². The number of carbonyl (C=O) groups is 1. The molecule has 0 fully saturated rings. The summed E-state index contributed by atoms with van der Waals surface area (Å²) >= 11 is 3.37. The van der Waals surface area contributed by atoms with Gasteiger partial charge in [0.2, 0.25) is 5.91 Å². The topological polar surface area (TPSA) is 65.5 Å². The molecule has 0 atom stereocenters. The van der Waals surface area contributed by atoms with E-state index in [1.807, 2.05) is 27.7 Å². The molecule has 23 heavy (non-hydrogen) atoms. The largest absolute Gasteiger partial charge is 0.357 e. The SMILES string of the molecule is CCNC(=NCc1cc(F)ccc1Br)NCC(=O)NC(C)(C)C. The van der Waals surface area contributed by atoms with E-state index in [1.165, 1.54) is 12.1 Å². The van der Waals surface area contributed by atoms with Gasteiger partial charge in [0.15, 0.2) is 5.96 Å². The highest BCUT2D eigenvalue weighted by molar-refractivity contribution is 9.10. The first-order valence-corrected chi connectivity index (χ1v) is 8.27. The summed E-state index contributed by atoms with van der Waals surface area (Å²) in [5, 5.41) is 8.89. The maximum atomic E-state index is 13.3. The van der Waals surface area contributed by atoms with E-state index in [4.69, 9.17) is 0 Å². The van der Waals surface area contributed by atoms with E-state index in [0.717, 1.165) is 10.0 Å². The van der Waals surface area contributed by atoms with Gasteiger partial charge in [0.25, 0.3) is 0 Å². The van der Waals surface area contributed by atoms with E-state index in [9.17, 15) is 9.18 Å². The number of halogens is 2. The molecule has 0 heterocycles. The molecule has 0 aliphatic carbocycles. The Morgan fingerprint density at radius 1 is 1.30 bits per heavy atom. The molecule has 0 bridgehead atoms. The van der Waals surface area contributed by atoms with Crippen molar-refractivity contribution in [1.82, 2.24) is 16.0 Å². The Morgan fingerprint density at radius 2 is 2.00 bits per heavy atom. The summed E-state index contributed by atoms with van der Waals surface area (Å²) in [4.78, 5) is 16.2. The van der Waals surface area contributed by atoms with Gasteiger partial charge in [-0.3, -0.25) is 4.79 Å². The van der Waals surface area contributed by atoms with Crippen LogP contribution in [0.25, 0.3) is 0 Å². The predicted octanol–water partition coefficient (Wildman–Crippen LogP) is 2.56. The van der Waals surface area contributed by atoms with Crippen LogP contribution in [0.3, 0.4) is 0 Å². The molecule has 1 amide bonds. The molecule has 0 unspecified atom stereocenters. The molecular weight excluding hydrogens is 363 g/mol. The highest BCUT2D eigenvalue weighted by atomic mass is 79.9. The van der Waals surface area contributed by atoms with Crippen LogP contribution in [0.15, 0.2) is 27.7 Å². The molecule has 5 nitrogen and oxygen atoms in total.